The number of benzene rings is 1. The maximum absolute atomic E-state index is 6.01. The highest BCUT2D eigenvalue weighted by atomic mass is 16.5. The first-order valence-electron chi connectivity index (χ1n) is 7.14. The molecule has 3 nitrogen and oxygen atoms in total. The van der Waals surface area contributed by atoms with E-state index in [1.807, 2.05) is 6.92 Å². The van der Waals surface area contributed by atoms with Gasteiger partial charge in [0.25, 0.3) is 0 Å². The van der Waals surface area contributed by atoms with Crippen LogP contribution in [0.25, 0.3) is 0 Å². The molecule has 1 aromatic carbocycles. The Morgan fingerprint density at radius 1 is 1.11 bits per heavy atom. The molecule has 0 heterocycles. The van der Waals surface area contributed by atoms with Gasteiger partial charge in [-0.05, 0) is 50.3 Å². The highest BCUT2D eigenvalue weighted by Gasteiger charge is 2.08. The van der Waals surface area contributed by atoms with Crippen LogP contribution in [-0.2, 0) is 11.2 Å². The molecule has 0 aromatic heterocycles. The SMILES string of the molecule is CCOCCOc1c(C)cc(CC(N)CC)cc1C. The van der Waals surface area contributed by atoms with Gasteiger partial charge in [-0.3, -0.25) is 0 Å². The molecule has 19 heavy (non-hydrogen) atoms. The van der Waals surface area contributed by atoms with Crippen molar-refractivity contribution in [2.24, 2.45) is 5.73 Å². The highest BCUT2D eigenvalue weighted by molar-refractivity contribution is 5.43. The van der Waals surface area contributed by atoms with Crippen molar-refractivity contribution >= 4 is 0 Å². The van der Waals surface area contributed by atoms with Crippen LogP contribution in [0.2, 0.25) is 0 Å². The van der Waals surface area contributed by atoms with Gasteiger partial charge in [0.15, 0.2) is 0 Å². The molecule has 0 spiro atoms. The molecule has 0 radical (unpaired) electrons. The number of hydrogen-bond acceptors (Lipinski definition) is 3. The van der Waals surface area contributed by atoms with Gasteiger partial charge in [-0.15, -0.1) is 0 Å². The average Bonchev–Trinajstić information content (AvgIpc) is 2.37. The fraction of sp³-hybridized carbons (Fsp3) is 0.625. The minimum absolute atomic E-state index is 0.239. The van der Waals surface area contributed by atoms with Gasteiger partial charge in [0.2, 0.25) is 0 Å². The largest absolute Gasteiger partial charge is 0.491 e. The first-order valence-corrected chi connectivity index (χ1v) is 7.14. The minimum Gasteiger partial charge on any atom is -0.491 e. The lowest BCUT2D eigenvalue weighted by molar-refractivity contribution is 0.109. The number of nitrogens with two attached hydrogens (primary N) is 1. The van der Waals surface area contributed by atoms with Crippen LogP contribution < -0.4 is 10.5 Å². The molecule has 3 heteroatoms. The second-order valence-corrected chi connectivity index (χ2v) is 4.98. The summed E-state index contributed by atoms with van der Waals surface area (Å²) in [5.74, 6) is 0.980. The fourth-order valence-electron chi connectivity index (χ4n) is 2.18. The number of rotatable bonds is 8. The van der Waals surface area contributed by atoms with Crippen LogP contribution in [0.3, 0.4) is 0 Å². The first kappa shape index (κ1) is 16.0. The zero-order valence-corrected chi connectivity index (χ0v) is 12.7. The Kier molecular flexibility index (Phi) is 6.89. The lowest BCUT2D eigenvalue weighted by atomic mass is 9.99. The van der Waals surface area contributed by atoms with Gasteiger partial charge in [-0.25, -0.2) is 0 Å². The van der Waals surface area contributed by atoms with E-state index < -0.39 is 0 Å². The van der Waals surface area contributed by atoms with Crippen molar-refractivity contribution < 1.29 is 9.47 Å². The Balaban J connectivity index is 2.68. The molecule has 0 bridgehead atoms. The van der Waals surface area contributed by atoms with Crippen LogP contribution in [0, 0.1) is 13.8 Å². The number of ether oxygens (including phenoxy) is 2. The summed E-state index contributed by atoms with van der Waals surface area (Å²) in [6.07, 6.45) is 1.93. The number of aryl methyl sites for hydroxylation is 2. The Bertz CT molecular complexity index is 367. The second-order valence-electron chi connectivity index (χ2n) is 4.98. The van der Waals surface area contributed by atoms with Crippen molar-refractivity contribution in [3.63, 3.8) is 0 Å². The van der Waals surface area contributed by atoms with Gasteiger partial charge in [-0.2, -0.15) is 0 Å². The summed E-state index contributed by atoms with van der Waals surface area (Å²) in [7, 11) is 0. The Labute approximate surface area is 117 Å². The molecule has 0 aliphatic heterocycles. The molecule has 0 saturated carbocycles. The highest BCUT2D eigenvalue weighted by Crippen LogP contribution is 2.25. The molecular formula is C16H27NO2. The maximum Gasteiger partial charge on any atom is 0.125 e. The Hall–Kier alpha value is -1.06. The van der Waals surface area contributed by atoms with Crippen LogP contribution in [0.1, 0.15) is 37.0 Å². The molecule has 2 N–H and O–H groups in total. The van der Waals surface area contributed by atoms with Crippen LogP contribution >= 0.6 is 0 Å². The van der Waals surface area contributed by atoms with Crippen molar-refractivity contribution in [3.05, 3.63) is 28.8 Å². The lowest BCUT2D eigenvalue weighted by Crippen LogP contribution is -2.21. The van der Waals surface area contributed by atoms with E-state index in [0.717, 1.165) is 25.2 Å². The molecule has 0 saturated heterocycles. The summed E-state index contributed by atoms with van der Waals surface area (Å²) in [5.41, 5.74) is 9.65. The van der Waals surface area contributed by atoms with E-state index >= 15 is 0 Å². The molecule has 0 amide bonds. The van der Waals surface area contributed by atoms with Crippen molar-refractivity contribution in [2.45, 2.75) is 46.6 Å². The third-order valence-corrected chi connectivity index (χ3v) is 3.22. The summed E-state index contributed by atoms with van der Waals surface area (Å²) >= 11 is 0. The van der Waals surface area contributed by atoms with E-state index in [1.165, 1.54) is 16.7 Å². The maximum atomic E-state index is 6.01. The Morgan fingerprint density at radius 2 is 1.74 bits per heavy atom. The topological polar surface area (TPSA) is 44.5 Å². The molecule has 0 fully saturated rings. The zero-order valence-electron chi connectivity index (χ0n) is 12.7. The van der Waals surface area contributed by atoms with E-state index in [-0.39, 0.29) is 6.04 Å². The zero-order chi connectivity index (χ0) is 14.3. The summed E-state index contributed by atoms with van der Waals surface area (Å²) in [5, 5.41) is 0. The van der Waals surface area contributed by atoms with Crippen LogP contribution in [0.5, 0.6) is 5.75 Å². The second kappa shape index (κ2) is 8.18. The van der Waals surface area contributed by atoms with E-state index in [1.54, 1.807) is 0 Å². The van der Waals surface area contributed by atoms with Gasteiger partial charge in [0.05, 0.1) is 6.61 Å². The van der Waals surface area contributed by atoms with Gasteiger partial charge < -0.3 is 15.2 Å². The monoisotopic (exact) mass is 265 g/mol. The number of hydrogen-bond donors (Lipinski definition) is 1. The average molecular weight is 265 g/mol. The summed E-state index contributed by atoms with van der Waals surface area (Å²) in [4.78, 5) is 0. The molecule has 108 valence electrons. The van der Waals surface area contributed by atoms with Gasteiger partial charge in [0.1, 0.15) is 12.4 Å². The van der Waals surface area contributed by atoms with Crippen molar-refractivity contribution in [1.82, 2.24) is 0 Å². The summed E-state index contributed by atoms with van der Waals surface area (Å²) in [6, 6.07) is 4.60. The van der Waals surface area contributed by atoms with E-state index in [9.17, 15) is 0 Å². The standard InChI is InChI=1S/C16H27NO2/c1-5-15(17)11-14-9-12(3)16(13(4)10-14)19-8-7-18-6-2/h9-10,15H,5-8,11,17H2,1-4H3. The third kappa shape index (κ3) is 5.21. The molecule has 1 atom stereocenters. The minimum atomic E-state index is 0.239. The summed E-state index contributed by atoms with van der Waals surface area (Å²) in [6.45, 7) is 10.3. The van der Waals surface area contributed by atoms with Crippen LogP contribution in [-0.4, -0.2) is 25.9 Å². The normalized spacial score (nSPS) is 12.5. The fourth-order valence-corrected chi connectivity index (χ4v) is 2.18. The first-order chi connectivity index (χ1) is 9.08. The van der Waals surface area contributed by atoms with E-state index in [4.69, 9.17) is 15.2 Å². The predicted octanol–water partition coefficient (Wildman–Crippen LogP) is 3.00. The molecule has 0 aliphatic rings. The van der Waals surface area contributed by atoms with Crippen LogP contribution in [0.15, 0.2) is 12.1 Å². The van der Waals surface area contributed by atoms with Gasteiger partial charge >= 0.3 is 0 Å². The molecule has 1 unspecified atom stereocenters. The van der Waals surface area contributed by atoms with Gasteiger partial charge in [-0.1, -0.05) is 19.1 Å². The molecule has 1 aromatic rings. The van der Waals surface area contributed by atoms with Crippen molar-refractivity contribution in [1.29, 1.82) is 0 Å². The molecule has 0 aliphatic carbocycles. The van der Waals surface area contributed by atoms with Gasteiger partial charge in [0, 0.05) is 12.6 Å². The lowest BCUT2D eigenvalue weighted by Gasteiger charge is -2.15. The Morgan fingerprint density at radius 3 is 2.26 bits per heavy atom. The molecular weight excluding hydrogens is 238 g/mol. The quantitative estimate of drug-likeness (QED) is 0.735. The van der Waals surface area contributed by atoms with Crippen molar-refractivity contribution in [2.75, 3.05) is 19.8 Å². The van der Waals surface area contributed by atoms with Crippen LogP contribution in [0.4, 0.5) is 0 Å². The predicted molar refractivity (Wildman–Crippen MR) is 79.9 cm³/mol. The van der Waals surface area contributed by atoms with Crippen molar-refractivity contribution in [3.8, 4) is 5.75 Å². The van der Waals surface area contributed by atoms with E-state index in [0.29, 0.717) is 13.2 Å². The smallest absolute Gasteiger partial charge is 0.125 e. The summed E-state index contributed by atoms with van der Waals surface area (Å²) < 4.78 is 11.1. The van der Waals surface area contributed by atoms with E-state index in [2.05, 4.69) is 32.9 Å². The third-order valence-electron chi connectivity index (χ3n) is 3.22. The molecule has 1 rings (SSSR count).